The van der Waals surface area contributed by atoms with Crippen molar-refractivity contribution in [3.63, 3.8) is 0 Å². The maximum absolute atomic E-state index is 12.9. The molecule has 164 valence electrons. The lowest BCUT2D eigenvalue weighted by Gasteiger charge is -2.31. The summed E-state index contributed by atoms with van der Waals surface area (Å²) in [5, 5.41) is 6.25. The summed E-state index contributed by atoms with van der Waals surface area (Å²) in [6.45, 7) is 7.73. The van der Waals surface area contributed by atoms with E-state index in [0.717, 1.165) is 11.1 Å². The van der Waals surface area contributed by atoms with Gasteiger partial charge >= 0.3 is 12.0 Å². The first-order chi connectivity index (χ1) is 14.8. The average Bonchev–Trinajstić information content (AvgIpc) is 2.72. The molecule has 2 amide bonds. The molecule has 0 aliphatic carbocycles. The second-order valence-corrected chi connectivity index (χ2v) is 8.33. The van der Waals surface area contributed by atoms with Gasteiger partial charge in [-0.05, 0) is 43.5 Å². The van der Waals surface area contributed by atoms with E-state index in [-0.39, 0.29) is 18.1 Å². The molecule has 0 bridgehead atoms. The Kier molecular flexibility index (Phi) is 7.23. The van der Waals surface area contributed by atoms with Crippen LogP contribution in [0.1, 0.15) is 44.9 Å². The van der Waals surface area contributed by atoms with E-state index in [0.29, 0.717) is 28.6 Å². The van der Waals surface area contributed by atoms with Gasteiger partial charge in [0, 0.05) is 16.3 Å². The average molecular weight is 443 g/mol. The number of benzene rings is 2. The molecule has 1 atom stereocenters. The van der Waals surface area contributed by atoms with Crippen molar-refractivity contribution in [2.75, 3.05) is 0 Å². The lowest BCUT2D eigenvalue weighted by molar-refractivity contribution is -0.143. The highest BCUT2D eigenvalue weighted by Gasteiger charge is 2.35. The zero-order valence-corrected chi connectivity index (χ0v) is 18.8. The molecule has 0 radical (unpaired) electrons. The molecule has 31 heavy (non-hydrogen) atoms. The van der Waals surface area contributed by atoms with Crippen LogP contribution in [0, 0.1) is 5.92 Å². The molecule has 6 nitrogen and oxygen atoms in total. The van der Waals surface area contributed by atoms with E-state index in [2.05, 4.69) is 10.6 Å². The Labute approximate surface area is 187 Å². The Balaban J connectivity index is 1.92. The van der Waals surface area contributed by atoms with Crippen LogP contribution in [0.3, 0.4) is 0 Å². The quantitative estimate of drug-likeness (QED) is 0.582. The maximum atomic E-state index is 12.9. The van der Waals surface area contributed by atoms with Crippen LogP contribution < -0.4 is 15.4 Å². The van der Waals surface area contributed by atoms with Gasteiger partial charge in [-0.25, -0.2) is 9.59 Å². The van der Waals surface area contributed by atoms with Gasteiger partial charge < -0.3 is 20.1 Å². The Bertz CT molecular complexity index is 1000. The van der Waals surface area contributed by atoms with Gasteiger partial charge in [0.25, 0.3) is 0 Å². The van der Waals surface area contributed by atoms with Gasteiger partial charge in [0.05, 0.1) is 17.7 Å². The molecular weight excluding hydrogens is 416 g/mol. The largest absolute Gasteiger partial charge is 0.489 e. The lowest BCUT2D eigenvalue weighted by atomic mass is 9.91. The second-order valence-electron chi connectivity index (χ2n) is 7.92. The highest BCUT2D eigenvalue weighted by Crippen LogP contribution is 2.32. The minimum absolute atomic E-state index is 0.0667. The highest BCUT2D eigenvalue weighted by molar-refractivity contribution is 6.31. The highest BCUT2D eigenvalue weighted by atomic mass is 35.5. The van der Waals surface area contributed by atoms with E-state index >= 15 is 0 Å². The van der Waals surface area contributed by atoms with Gasteiger partial charge in [-0.15, -0.1) is 0 Å². The fourth-order valence-corrected chi connectivity index (χ4v) is 3.55. The van der Waals surface area contributed by atoms with E-state index < -0.39 is 12.0 Å². The predicted octanol–water partition coefficient (Wildman–Crippen LogP) is 5.13. The zero-order chi connectivity index (χ0) is 22.5. The third-order valence-corrected chi connectivity index (χ3v) is 5.15. The first kappa shape index (κ1) is 22.7. The minimum atomic E-state index is -0.652. The summed E-state index contributed by atoms with van der Waals surface area (Å²) >= 11 is 6.21. The van der Waals surface area contributed by atoms with Crippen LogP contribution in [-0.4, -0.2) is 18.1 Å². The number of carbonyl (C=O) groups excluding carboxylic acids is 2. The number of carbonyl (C=O) groups is 2. The molecule has 1 heterocycles. The van der Waals surface area contributed by atoms with E-state index in [1.807, 2.05) is 62.4 Å². The molecule has 3 rings (SSSR count). The predicted molar refractivity (Wildman–Crippen MR) is 120 cm³/mol. The van der Waals surface area contributed by atoms with Crippen molar-refractivity contribution in [1.29, 1.82) is 0 Å². The summed E-state index contributed by atoms with van der Waals surface area (Å²) in [5.41, 5.74) is 2.54. The number of amides is 2. The number of esters is 1. The fraction of sp³-hybridized carbons (Fsp3) is 0.333. The summed E-state index contributed by atoms with van der Waals surface area (Å²) in [6, 6.07) is 13.8. The van der Waals surface area contributed by atoms with Crippen LogP contribution in [0.5, 0.6) is 5.75 Å². The standard InChI is InChI=1S/C24H27ClN2O4/c1-14(2)21-20(23(28)31-15(3)4)22(27-24(29)26-21)16-9-7-10-18(12-16)30-13-17-8-5-6-11-19(17)25/h5-12,14-15,22H,13H2,1-4H3,(H2,26,27,29). The molecule has 1 unspecified atom stereocenters. The molecule has 0 saturated heterocycles. The van der Waals surface area contributed by atoms with Crippen molar-refractivity contribution >= 4 is 23.6 Å². The van der Waals surface area contributed by atoms with Gasteiger partial charge in [0.2, 0.25) is 0 Å². The van der Waals surface area contributed by atoms with Gasteiger partial charge in [0.15, 0.2) is 0 Å². The third-order valence-electron chi connectivity index (χ3n) is 4.79. The van der Waals surface area contributed by atoms with Gasteiger partial charge in [-0.1, -0.05) is 55.8 Å². The Morgan fingerprint density at radius 1 is 1.10 bits per heavy atom. The van der Waals surface area contributed by atoms with Crippen molar-refractivity contribution in [1.82, 2.24) is 10.6 Å². The number of allylic oxidation sites excluding steroid dienone is 1. The van der Waals surface area contributed by atoms with Crippen LogP contribution in [0.25, 0.3) is 0 Å². The van der Waals surface area contributed by atoms with E-state index in [1.54, 1.807) is 13.8 Å². The zero-order valence-electron chi connectivity index (χ0n) is 18.1. The number of urea groups is 1. The van der Waals surface area contributed by atoms with Crippen LogP contribution in [-0.2, 0) is 16.1 Å². The van der Waals surface area contributed by atoms with Crippen LogP contribution in [0.4, 0.5) is 4.79 Å². The summed E-state index contributed by atoms with van der Waals surface area (Å²) in [5.74, 6) is 0.0781. The number of ether oxygens (including phenoxy) is 2. The summed E-state index contributed by atoms with van der Waals surface area (Å²) in [7, 11) is 0. The van der Waals surface area contributed by atoms with E-state index in [9.17, 15) is 9.59 Å². The van der Waals surface area contributed by atoms with Crippen molar-refractivity contribution in [2.45, 2.75) is 46.4 Å². The van der Waals surface area contributed by atoms with Crippen molar-refractivity contribution in [3.8, 4) is 5.75 Å². The number of hydrogen-bond donors (Lipinski definition) is 2. The molecular formula is C24H27ClN2O4. The molecule has 2 aromatic carbocycles. The molecule has 2 N–H and O–H groups in total. The third kappa shape index (κ3) is 5.58. The summed E-state index contributed by atoms with van der Waals surface area (Å²) < 4.78 is 11.4. The molecule has 1 aliphatic rings. The minimum Gasteiger partial charge on any atom is -0.489 e. The molecule has 7 heteroatoms. The molecule has 2 aromatic rings. The van der Waals surface area contributed by atoms with E-state index in [1.165, 1.54) is 0 Å². The van der Waals surface area contributed by atoms with Gasteiger partial charge in [0.1, 0.15) is 12.4 Å². The normalized spacial score (nSPS) is 16.2. The second kappa shape index (κ2) is 9.88. The summed E-state index contributed by atoms with van der Waals surface area (Å²) in [6.07, 6.45) is -0.281. The van der Waals surface area contributed by atoms with Crippen LogP contribution in [0.2, 0.25) is 5.02 Å². The Hall–Kier alpha value is -2.99. The lowest BCUT2D eigenvalue weighted by Crippen LogP contribution is -2.47. The molecule has 0 fully saturated rings. The number of nitrogens with one attached hydrogen (secondary N) is 2. The number of halogens is 1. The van der Waals surface area contributed by atoms with Gasteiger partial charge in [-0.2, -0.15) is 0 Å². The molecule has 0 saturated carbocycles. The SMILES string of the molecule is CC(C)OC(=O)C1=C(C(C)C)NC(=O)NC1c1cccc(OCc2ccccc2Cl)c1. The topological polar surface area (TPSA) is 76.7 Å². The first-order valence-electron chi connectivity index (χ1n) is 10.2. The van der Waals surface area contributed by atoms with Gasteiger partial charge in [-0.3, -0.25) is 0 Å². The van der Waals surface area contributed by atoms with Crippen molar-refractivity contribution in [3.05, 3.63) is 76.0 Å². The van der Waals surface area contributed by atoms with Crippen LogP contribution in [0.15, 0.2) is 59.8 Å². The molecule has 1 aliphatic heterocycles. The van der Waals surface area contributed by atoms with Crippen molar-refractivity contribution < 1.29 is 19.1 Å². The first-order valence-corrected chi connectivity index (χ1v) is 10.6. The Morgan fingerprint density at radius 3 is 2.52 bits per heavy atom. The Morgan fingerprint density at radius 2 is 1.84 bits per heavy atom. The molecule has 0 aromatic heterocycles. The number of hydrogen-bond acceptors (Lipinski definition) is 4. The monoisotopic (exact) mass is 442 g/mol. The van der Waals surface area contributed by atoms with Crippen LogP contribution >= 0.6 is 11.6 Å². The maximum Gasteiger partial charge on any atom is 0.338 e. The number of rotatable bonds is 7. The van der Waals surface area contributed by atoms with Crippen molar-refractivity contribution in [2.24, 2.45) is 5.92 Å². The van der Waals surface area contributed by atoms with E-state index in [4.69, 9.17) is 21.1 Å². The molecule has 0 spiro atoms. The fourth-order valence-electron chi connectivity index (χ4n) is 3.36. The summed E-state index contributed by atoms with van der Waals surface area (Å²) in [4.78, 5) is 25.3. The smallest absolute Gasteiger partial charge is 0.338 e.